The lowest BCUT2D eigenvalue weighted by molar-refractivity contribution is 0.998. The zero-order chi connectivity index (χ0) is 16.1. The minimum absolute atomic E-state index is 0.0246. The van der Waals surface area contributed by atoms with Gasteiger partial charge in [0.2, 0.25) is 0 Å². The molecule has 0 amide bonds. The van der Waals surface area contributed by atoms with E-state index in [1.54, 1.807) is 11.3 Å². The molecule has 1 unspecified atom stereocenters. The van der Waals surface area contributed by atoms with Gasteiger partial charge in [0.1, 0.15) is 0 Å². The lowest BCUT2D eigenvalue weighted by Gasteiger charge is -2.12. The summed E-state index contributed by atoms with van der Waals surface area (Å²) in [5.41, 5.74) is 1.28. The third-order valence-electron chi connectivity index (χ3n) is 3.22. The van der Waals surface area contributed by atoms with Crippen molar-refractivity contribution in [3.8, 4) is 0 Å². The van der Waals surface area contributed by atoms with Crippen LogP contribution in [0.1, 0.15) is 11.0 Å². The SMILES string of the molecule is [2H]C1=C(c2cccc3c2sc2ccccc23)NC([2H])C([2H])=C1[2H]. The summed E-state index contributed by atoms with van der Waals surface area (Å²) in [6.07, 6.45) is 0. The zero-order valence-electron chi connectivity index (χ0n) is 14.0. The van der Waals surface area contributed by atoms with Crippen LogP contribution >= 0.6 is 11.3 Å². The first-order chi connectivity index (χ1) is 11.1. The molecule has 1 aliphatic heterocycles. The van der Waals surface area contributed by atoms with Crippen LogP contribution in [-0.2, 0) is 0 Å². The minimum atomic E-state index is -1.00. The maximum atomic E-state index is 8.18. The van der Waals surface area contributed by atoms with Crippen LogP contribution in [0, 0.1) is 0 Å². The Bertz CT molecular complexity index is 1000. The zero-order valence-corrected chi connectivity index (χ0v) is 10.8. The molecule has 0 spiro atoms. The first-order valence-electron chi connectivity index (χ1n) is 8.13. The lowest BCUT2D eigenvalue weighted by Crippen LogP contribution is -2.14. The molecule has 92 valence electrons. The van der Waals surface area contributed by atoms with Gasteiger partial charge in [-0.2, -0.15) is 0 Å². The number of nitrogens with one attached hydrogen (secondary N) is 1. The van der Waals surface area contributed by atoms with Crippen molar-refractivity contribution in [3.05, 3.63) is 66.2 Å². The van der Waals surface area contributed by atoms with E-state index in [0.717, 1.165) is 15.6 Å². The van der Waals surface area contributed by atoms with E-state index in [0.29, 0.717) is 5.70 Å². The van der Waals surface area contributed by atoms with Gasteiger partial charge in [0.15, 0.2) is 0 Å². The highest BCUT2D eigenvalue weighted by Gasteiger charge is 2.11. The smallest absolute Gasteiger partial charge is 0.0645 e. The molecule has 0 saturated carbocycles. The van der Waals surface area contributed by atoms with Gasteiger partial charge in [-0.25, -0.2) is 0 Å². The average molecular weight is 267 g/mol. The summed E-state index contributed by atoms with van der Waals surface area (Å²) in [6.45, 7) is -1.00. The lowest BCUT2D eigenvalue weighted by atomic mass is 10.1. The molecule has 1 N–H and O–H groups in total. The van der Waals surface area contributed by atoms with Crippen LogP contribution in [-0.4, -0.2) is 6.52 Å². The van der Waals surface area contributed by atoms with Crippen molar-refractivity contribution in [2.45, 2.75) is 0 Å². The standard InChI is InChI=1S/C17H13NS/c1-2-10-16-12(6-1)13-7-5-8-14(17(13)19-16)15-9-3-4-11-18-15/h1-10,18H,11H2/i3D,4D,9D,11D. The molecule has 0 bridgehead atoms. The maximum absolute atomic E-state index is 8.18. The second-order valence-electron chi connectivity index (χ2n) is 4.34. The van der Waals surface area contributed by atoms with E-state index in [9.17, 15) is 0 Å². The Morgan fingerprint density at radius 2 is 2.00 bits per heavy atom. The van der Waals surface area contributed by atoms with Gasteiger partial charge in [0, 0.05) is 38.0 Å². The second kappa shape index (κ2) is 4.25. The number of hydrogen-bond donors (Lipinski definition) is 1. The minimum Gasteiger partial charge on any atom is -0.381 e. The van der Waals surface area contributed by atoms with Crippen LogP contribution in [0.5, 0.6) is 0 Å². The topological polar surface area (TPSA) is 12.0 Å². The molecule has 2 heterocycles. The normalized spacial score (nSPS) is 23.1. The van der Waals surface area contributed by atoms with E-state index in [1.165, 1.54) is 10.1 Å². The summed E-state index contributed by atoms with van der Waals surface area (Å²) in [4.78, 5) is 0. The summed E-state index contributed by atoms with van der Waals surface area (Å²) in [5.74, 6) is 0. The van der Waals surface area contributed by atoms with Crippen LogP contribution in [0.4, 0.5) is 0 Å². The molecule has 1 aromatic heterocycles. The molecule has 0 saturated heterocycles. The summed E-state index contributed by atoms with van der Waals surface area (Å²) in [7, 11) is 0. The largest absolute Gasteiger partial charge is 0.381 e. The van der Waals surface area contributed by atoms with Crippen LogP contribution in [0.25, 0.3) is 25.9 Å². The van der Waals surface area contributed by atoms with Crippen molar-refractivity contribution in [2.75, 3.05) is 6.52 Å². The van der Waals surface area contributed by atoms with Gasteiger partial charge in [-0.05, 0) is 12.1 Å². The average Bonchev–Trinajstić information content (AvgIpc) is 2.95. The molecule has 2 aromatic carbocycles. The van der Waals surface area contributed by atoms with Gasteiger partial charge < -0.3 is 5.32 Å². The van der Waals surface area contributed by atoms with Gasteiger partial charge in [-0.15, -0.1) is 11.3 Å². The number of fused-ring (bicyclic) bond motifs is 3. The molecule has 1 atom stereocenters. The Labute approximate surface area is 121 Å². The quantitative estimate of drug-likeness (QED) is 0.682. The third-order valence-corrected chi connectivity index (χ3v) is 4.44. The summed E-state index contributed by atoms with van der Waals surface area (Å²) in [6, 6.07) is 13.7. The highest BCUT2D eigenvalue weighted by atomic mass is 32.1. The molecule has 4 rings (SSSR count). The molecule has 1 nitrogen and oxygen atoms in total. The predicted molar refractivity (Wildman–Crippen MR) is 84.5 cm³/mol. The second-order valence-corrected chi connectivity index (χ2v) is 5.39. The van der Waals surface area contributed by atoms with Gasteiger partial charge >= 0.3 is 0 Å². The van der Waals surface area contributed by atoms with E-state index in [2.05, 4.69) is 23.5 Å². The molecular formula is C17H13NS. The van der Waals surface area contributed by atoms with Gasteiger partial charge in [0.05, 0.1) is 5.48 Å². The molecule has 2 heteroatoms. The summed E-state index contributed by atoms with van der Waals surface area (Å²) < 4.78 is 33.9. The van der Waals surface area contributed by atoms with Crippen molar-refractivity contribution in [3.63, 3.8) is 0 Å². The third kappa shape index (κ3) is 1.68. The monoisotopic (exact) mass is 267 g/mol. The maximum Gasteiger partial charge on any atom is 0.0645 e. The highest BCUT2D eigenvalue weighted by molar-refractivity contribution is 7.26. The van der Waals surface area contributed by atoms with Gasteiger partial charge in [0.25, 0.3) is 0 Å². The first-order valence-corrected chi connectivity index (χ1v) is 6.87. The number of rotatable bonds is 1. The van der Waals surface area contributed by atoms with Crippen molar-refractivity contribution in [2.24, 2.45) is 0 Å². The van der Waals surface area contributed by atoms with E-state index in [-0.39, 0.29) is 18.2 Å². The van der Waals surface area contributed by atoms with Crippen LogP contribution in [0.15, 0.2) is 60.6 Å². The van der Waals surface area contributed by atoms with E-state index in [1.807, 2.05) is 24.3 Å². The molecule has 19 heavy (non-hydrogen) atoms. The molecular weight excluding hydrogens is 250 g/mol. The first kappa shape index (κ1) is 7.51. The fourth-order valence-electron chi connectivity index (χ4n) is 2.37. The number of hydrogen-bond acceptors (Lipinski definition) is 2. The number of allylic oxidation sites excluding steroid dienone is 2. The Hall–Kier alpha value is -2.06. The molecule has 0 radical (unpaired) electrons. The summed E-state index contributed by atoms with van der Waals surface area (Å²) in [5, 5.41) is 5.18. The van der Waals surface area contributed by atoms with Gasteiger partial charge in [-0.1, -0.05) is 48.5 Å². The Morgan fingerprint density at radius 3 is 3.00 bits per heavy atom. The summed E-state index contributed by atoms with van der Waals surface area (Å²) >= 11 is 1.64. The fraction of sp³-hybridized carbons (Fsp3) is 0.0588. The van der Waals surface area contributed by atoms with E-state index >= 15 is 0 Å². The van der Waals surface area contributed by atoms with Crippen molar-refractivity contribution >= 4 is 37.2 Å². The molecule has 1 aliphatic rings. The van der Waals surface area contributed by atoms with Crippen LogP contribution in [0.2, 0.25) is 0 Å². The fourth-order valence-corrected chi connectivity index (χ4v) is 3.59. The van der Waals surface area contributed by atoms with Crippen LogP contribution in [0.3, 0.4) is 0 Å². The number of benzene rings is 2. The number of dihydropyridines is 1. The Balaban J connectivity index is 2.03. The Morgan fingerprint density at radius 1 is 1.11 bits per heavy atom. The van der Waals surface area contributed by atoms with Crippen LogP contribution < -0.4 is 5.32 Å². The van der Waals surface area contributed by atoms with E-state index in [4.69, 9.17) is 5.48 Å². The van der Waals surface area contributed by atoms with Crippen molar-refractivity contribution < 1.29 is 5.48 Å². The Kier molecular flexibility index (Phi) is 1.68. The van der Waals surface area contributed by atoms with Crippen molar-refractivity contribution in [1.82, 2.24) is 5.32 Å². The predicted octanol–water partition coefficient (Wildman–Crippen LogP) is 4.55. The molecule has 3 aromatic rings. The van der Waals surface area contributed by atoms with E-state index < -0.39 is 6.52 Å². The highest BCUT2D eigenvalue weighted by Crippen LogP contribution is 2.37. The number of thiophene rings is 1. The molecule has 0 aliphatic carbocycles. The molecule has 0 fully saturated rings. The van der Waals surface area contributed by atoms with Gasteiger partial charge in [-0.3, -0.25) is 0 Å². The van der Waals surface area contributed by atoms with Crippen molar-refractivity contribution in [1.29, 1.82) is 0 Å².